The highest BCUT2D eigenvalue weighted by Gasteiger charge is 2.38. The molecule has 1 saturated heterocycles. The molecule has 0 spiro atoms. The van der Waals surface area contributed by atoms with Gasteiger partial charge in [0.2, 0.25) is 0 Å². The summed E-state index contributed by atoms with van der Waals surface area (Å²) in [5.74, 6) is 0.899. The van der Waals surface area contributed by atoms with Crippen molar-refractivity contribution in [3.05, 3.63) is 46.0 Å². The number of halogens is 1. The summed E-state index contributed by atoms with van der Waals surface area (Å²) in [5.41, 5.74) is 0.0842. The van der Waals surface area contributed by atoms with Crippen LogP contribution in [0.4, 0.5) is 0 Å². The molecule has 1 aliphatic rings. The largest absolute Gasteiger partial charge is 0.379 e. The standard InChI is InChI=1S/C13H14BrN3O2/c14-10-3-1-2-9(6-10)7-11-16-12(19-17-11)13(18)4-5-15-8-13/h1-3,6,15,18H,4-5,7-8H2. The van der Waals surface area contributed by atoms with Crippen molar-refractivity contribution < 1.29 is 9.63 Å². The molecule has 2 heterocycles. The molecule has 5 nitrogen and oxygen atoms in total. The number of nitrogens with zero attached hydrogens (tertiary/aromatic N) is 2. The summed E-state index contributed by atoms with van der Waals surface area (Å²) in [7, 11) is 0. The van der Waals surface area contributed by atoms with Crippen molar-refractivity contribution in [2.45, 2.75) is 18.4 Å². The van der Waals surface area contributed by atoms with Gasteiger partial charge in [0.25, 0.3) is 5.89 Å². The molecule has 1 fully saturated rings. The lowest BCUT2D eigenvalue weighted by Gasteiger charge is -2.14. The maximum Gasteiger partial charge on any atom is 0.259 e. The average molecular weight is 324 g/mol. The van der Waals surface area contributed by atoms with Crippen LogP contribution in [-0.4, -0.2) is 28.3 Å². The van der Waals surface area contributed by atoms with Crippen LogP contribution >= 0.6 is 15.9 Å². The number of β-amino-alcohol motifs (C(OH)–C–C–N with tert-alkyl or cyclic N) is 1. The smallest absolute Gasteiger partial charge is 0.259 e. The van der Waals surface area contributed by atoms with Crippen molar-refractivity contribution in [3.8, 4) is 0 Å². The molecular formula is C13H14BrN3O2. The van der Waals surface area contributed by atoms with Crippen LogP contribution in [-0.2, 0) is 12.0 Å². The van der Waals surface area contributed by atoms with E-state index in [0.717, 1.165) is 16.6 Å². The highest BCUT2D eigenvalue weighted by Crippen LogP contribution is 2.26. The van der Waals surface area contributed by atoms with Gasteiger partial charge in [-0.3, -0.25) is 0 Å². The van der Waals surface area contributed by atoms with E-state index >= 15 is 0 Å². The van der Waals surface area contributed by atoms with Crippen molar-refractivity contribution in [1.82, 2.24) is 15.5 Å². The zero-order valence-electron chi connectivity index (χ0n) is 10.3. The molecule has 0 bridgehead atoms. The second kappa shape index (κ2) is 5.03. The SMILES string of the molecule is OC1(c2nc(Cc3cccc(Br)c3)no2)CCNC1. The first-order valence-electron chi connectivity index (χ1n) is 6.16. The Morgan fingerprint density at radius 2 is 2.37 bits per heavy atom. The number of hydrogen-bond donors (Lipinski definition) is 2. The zero-order chi connectivity index (χ0) is 13.3. The molecular weight excluding hydrogens is 310 g/mol. The van der Waals surface area contributed by atoms with Gasteiger partial charge in [0.1, 0.15) is 0 Å². The predicted molar refractivity (Wildman–Crippen MR) is 72.6 cm³/mol. The molecule has 3 rings (SSSR count). The fourth-order valence-corrected chi connectivity index (χ4v) is 2.65. The molecule has 0 radical (unpaired) electrons. The van der Waals surface area contributed by atoms with Gasteiger partial charge in [-0.25, -0.2) is 0 Å². The maximum atomic E-state index is 10.3. The van der Waals surface area contributed by atoms with Crippen molar-refractivity contribution in [3.63, 3.8) is 0 Å². The maximum absolute atomic E-state index is 10.3. The Morgan fingerprint density at radius 1 is 1.47 bits per heavy atom. The topological polar surface area (TPSA) is 71.2 Å². The second-order valence-corrected chi connectivity index (χ2v) is 5.70. The van der Waals surface area contributed by atoms with Crippen molar-refractivity contribution >= 4 is 15.9 Å². The molecule has 0 saturated carbocycles. The van der Waals surface area contributed by atoms with Gasteiger partial charge in [0.15, 0.2) is 11.4 Å². The van der Waals surface area contributed by atoms with Crippen LogP contribution in [0.25, 0.3) is 0 Å². The molecule has 2 aromatic rings. The molecule has 1 unspecified atom stereocenters. The van der Waals surface area contributed by atoms with E-state index in [9.17, 15) is 5.11 Å². The van der Waals surface area contributed by atoms with Gasteiger partial charge < -0.3 is 14.9 Å². The van der Waals surface area contributed by atoms with Gasteiger partial charge in [0.05, 0.1) is 0 Å². The van der Waals surface area contributed by atoms with Crippen LogP contribution in [0.1, 0.15) is 23.7 Å². The minimum atomic E-state index is -1.01. The Labute approximate surface area is 119 Å². The highest BCUT2D eigenvalue weighted by molar-refractivity contribution is 9.10. The normalized spacial score (nSPS) is 22.8. The van der Waals surface area contributed by atoms with Crippen LogP contribution in [0.15, 0.2) is 33.3 Å². The Hall–Kier alpha value is -1.24. The average Bonchev–Trinajstić information content (AvgIpc) is 2.99. The minimum absolute atomic E-state index is 0.308. The first kappa shape index (κ1) is 12.8. The lowest BCUT2D eigenvalue weighted by Crippen LogP contribution is -2.28. The van der Waals surface area contributed by atoms with E-state index in [1.807, 2.05) is 24.3 Å². The van der Waals surface area contributed by atoms with E-state index in [1.54, 1.807) is 0 Å². The zero-order valence-corrected chi connectivity index (χ0v) is 11.9. The Bertz CT molecular complexity index is 579. The molecule has 1 aliphatic heterocycles. The number of aliphatic hydroxyl groups is 1. The molecule has 1 aromatic carbocycles. The van der Waals surface area contributed by atoms with E-state index in [4.69, 9.17) is 4.52 Å². The summed E-state index contributed by atoms with van der Waals surface area (Å²) in [6.07, 6.45) is 1.19. The van der Waals surface area contributed by atoms with Gasteiger partial charge in [-0.15, -0.1) is 0 Å². The molecule has 19 heavy (non-hydrogen) atoms. The van der Waals surface area contributed by atoms with Crippen molar-refractivity contribution in [1.29, 1.82) is 0 Å². The lowest BCUT2D eigenvalue weighted by atomic mass is 10.0. The van der Waals surface area contributed by atoms with Crippen LogP contribution in [0.5, 0.6) is 0 Å². The molecule has 0 aliphatic carbocycles. The Balaban J connectivity index is 1.78. The third-order valence-electron chi connectivity index (χ3n) is 3.25. The van der Waals surface area contributed by atoms with Gasteiger partial charge in [-0.1, -0.05) is 33.2 Å². The van der Waals surface area contributed by atoms with E-state index in [2.05, 4.69) is 31.4 Å². The monoisotopic (exact) mass is 323 g/mol. The number of aromatic nitrogens is 2. The number of nitrogens with one attached hydrogen (secondary N) is 1. The quantitative estimate of drug-likeness (QED) is 0.897. The predicted octanol–water partition coefficient (Wildman–Crippen LogP) is 1.60. The first-order valence-corrected chi connectivity index (χ1v) is 6.96. The number of hydrogen-bond acceptors (Lipinski definition) is 5. The lowest BCUT2D eigenvalue weighted by molar-refractivity contribution is 0.0243. The van der Waals surface area contributed by atoms with E-state index in [-0.39, 0.29) is 0 Å². The summed E-state index contributed by atoms with van der Waals surface area (Å²) in [4.78, 5) is 4.31. The molecule has 0 amide bonds. The third kappa shape index (κ3) is 2.70. The first-order chi connectivity index (χ1) is 9.16. The minimum Gasteiger partial charge on any atom is -0.379 e. The summed E-state index contributed by atoms with van der Waals surface area (Å²) in [6.45, 7) is 1.23. The van der Waals surface area contributed by atoms with Crippen LogP contribution in [0, 0.1) is 0 Å². The van der Waals surface area contributed by atoms with E-state index in [1.165, 1.54) is 0 Å². The molecule has 6 heteroatoms. The molecule has 1 aromatic heterocycles. The summed E-state index contributed by atoms with van der Waals surface area (Å²) < 4.78 is 6.21. The van der Waals surface area contributed by atoms with Crippen LogP contribution in [0.2, 0.25) is 0 Å². The number of benzene rings is 1. The van der Waals surface area contributed by atoms with Crippen molar-refractivity contribution in [2.75, 3.05) is 13.1 Å². The van der Waals surface area contributed by atoms with E-state index in [0.29, 0.717) is 31.1 Å². The molecule has 1 atom stereocenters. The van der Waals surface area contributed by atoms with Crippen LogP contribution < -0.4 is 5.32 Å². The van der Waals surface area contributed by atoms with Gasteiger partial charge in [-0.2, -0.15) is 4.98 Å². The van der Waals surface area contributed by atoms with Crippen LogP contribution in [0.3, 0.4) is 0 Å². The van der Waals surface area contributed by atoms with Gasteiger partial charge in [-0.05, 0) is 30.7 Å². The summed E-state index contributed by atoms with van der Waals surface area (Å²) in [5, 5.41) is 17.4. The van der Waals surface area contributed by atoms with Gasteiger partial charge in [0, 0.05) is 17.4 Å². The molecule has 100 valence electrons. The fourth-order valence-electron chi connectivity index (χ4n) is 2.21. The molecule has 2 N–H and O–H groups in total. The van der Waals surface area contributed by atoms with Gasteiger partial charge >= 0.3 is 0 Å². The summed E-state index contributed by atoms with van der Waals surface area (Å²) >= 11 is 3.43. The third-order valence-corrected chi connectivity index (χ3v) is 3.74. The Kier molecular flexibility index (Phi) is 3.38. The van der Waals surface area contributed by atoms with E-state index < -0.39 is 5.60 Å². The second-order valence-electron chi connectivity index (χ2n) is 4.78. The highest BCUT2D eigenvalue weighted by atomic mass is 79.9. The van der Waals surface area contributed by atoms with Crippen molar-refractivity contribution in [2.24, 2.45) is 0 Å². The number of rotatable bonds is 3. The summed E-state index contributed by atoms with van der Waals surface area (Å²) in [6, 6.07) is 7.96. The fraction of sp³-hybridized carbons (Fsp3) is 0.385. The Morgan fingerprint density at radius 3 is 3.11 bits per heavy atom.